The van der Waals surface area contributed by atoms with Crippen LogP contribution in [0.5, 0.6) is 0 Å². The van der Waals surface area contributed by atoms with E-state index < -0.39 is 0 Å². The van der Waals surface area contributed by atoms with Gasteiger partial charge in [0.1, 0.15) is 0 Å². The Morgan fingerprint density at radius 3 is 2.40 bits per heavy atom. The van der Waals surface area contributed by atoms with Crippen LogP contribution in [0.25, 0.3) is 0 Å². The molecule has 0 radical (unpaired) electrons. The molecule has 0 amide bonds. The smallest absolute Gasteiger partial charge is 0.0320 e. The van der Waals surface area contributed by atoms with Crippen molar-refractivity contribution in [3.63, 3.8) is 0 Å². The molecule has 2 nitrogen and oxygen atoms in total. The number of benzene rings is 1. The molecule has 0 aliphatic carbocycles. The van der Waals surface area contributed by atoms with E-state index in [0.717, 1.165) is 19.6 Å². The molecule has 1 aliphatic heterocycles. The van der Waals surface area contributed by atoms with Gasteiger partial charge in [0.2, 0.25) is 0 Å². The Hall–Kier alpha value is -0.860. The van der Waals surface area contributed by atoms with Gasteiger partial charge in [0.25, 0.3) is 0 Å². The van der Waals surface area contributed by atoms with E-state index in [0.29, 0.717) is 12.0 Å². The van der Waals surface area contributed by atoms with Crippen molar-refractivity contribution < 1.29 is 0 Å². The molecule has 1 saturated heterocycles. The Morgan fingerprint density at radius 2 is 1.93 bits per heavy atom. The molecule has 15 heavy (non-hydrogen) atoms. The molecule has 2 rings (SSSR count). The van der Waals surface area contributed by atoms with Gasteiger partial charge in [-0.25, -0.2) is 0 Å². The van der Waals surface area contributed by atoms with Crippen LogP contribution in [-0.2, 0) is 6.54 Å². The Labute approximate surface area is 92.1 Å². The molecule has 1 aromatic rings. The first kappa shape index (κ1) is 10.7. The summed E-state index contributed by atoms with van der Waals surface area (Å²) < 4.78 is 0. The van der Waals surface area contributed by atoms with Crippen LogP contribution in [0.15, 0.2) is 24.3 Å². The lowest BCUT2D eigenvalue weighted by molar-refractivity contribution is 0.365. The third-order valence-electron chi connectivity index (χ3n) is 3.02. The maximum absolute atomic E-state index is 3.52. The summed E-state index contributed by atoms with van der Waals surface area (Å²) in [6.07, 6.45) is 0. The molecule has 82 valence electrons. The van der Waals surface area contributed by atoms with Gasteiger partial charge in [0.05, 0.1) is 0 Å². The van der Waals surface area contributed by atoms with Crippen LogP contribution in [-0.4, -0.2) is 19.1 Å². The Balaban J connectivity index is 1.86. The van der Waals surface area contributed by atoms with E-state index in [4.69, 9.17) is 0 Å². The lowest BCUT2D eigenvalue weighted by Gasteiger charge is -2.28. The maximum Gasteiger partial charge on any atom is 0.0320 e. The van der Waals surface area contributed by atoms with Gasteiger partial charge >= 0.3 is 0 Å². The van der Waals surface area contributed by atoms with Crippen LogP contribution in [0.3, 0.4) is 0 Å². The van der Waals surface area contributed by atoms with Crippen molar-refractivity contribution in [2.24, 2.45) is 0 Å². The lowest BCUT2D eigenvalue weighted by Crippen LogP contribution is -2.54. The van der Waals surface area contributed by atoms with E-state index in [9.17, 15) is 0 Å². The quantitative estimate of drug-likeness (QED) is 0.782. The Bertz CT molecular complexity index is 299. The second-order valence-corrected chi connectivity index (χ2v) is 4.63. The average Bonchev–Trinajstić information content (AvgIpc) is 2.16. The molecule has 1 aliphatic rings. The van der Waals surface area contributed by atoms with Crippen LogP contribution < -0.4 is 10.6 Å². The highest BCUT2D eigenvalue weighted by Crippen LogP contribution is 2.14. The summed E-state index contributed by atoms with van der Waals surface area (Å²) in [5, 5.41) is 6.78. The van der Waals surface area contributed by atoms with E-state index in [-0.39, 0.29) is 0 Å². The molecule has 0 unspecified atom stereocenters. The summed E-state index contributed by atoms with van der Waals surface area (Å²) in [7, 11) is 0. The molecule has 0 aromatic heterocycles. The van der Waals surface area contributed by atoms with Crippen LogP contribution in [0.1, 0.15) is 30.9 Å². The highest BCUT2D eigenvalue weighted by molar-refractivity contribution is 5.24. The molecular weight excluding hydrogens is 184 g/mol. The maximum atomic E-state index is 3.52. The number of hydrogen-bond acceptors (Lipinski definition) is 2. The summed E-state index contributed by atoms with van der Waals surface area (Å²) in [6.45, 7) is 7.68. The van der Waals surface area contributed by atoms with Crippen molar-refractivity contribution >= 4 is 0 Å². The van der Waals surface area contributed by atoms with Gasteiger partial charge in [-0.3, -0.25) is 0 Å². The number of rotatable bonds is 4. The van der Waals surface area contributed by atoms with E-state index >= 15 is 0 Å². The summed E-state index contributed by atoms with van der Waals surface area (Å²) in [6, 6.07) is 9.61. The highest BCUT2D eigenvalue weighted by Gasteiger charge is 2.14. The van der Waals surface area contributed by atoms with E-state index in [1.807, 2.05) is 0 Å². The Kier molecular flexibility index (Phi) is 3.39. The molecule has 0 atom stereocenters. The van der Waals surface area contributed by atoms with Crippen LogP contribution in [0.2, 0.25) is 0 Å². The summed E-state index contributed by atoms with van der Waals surface area (Å²) in [5.41, 5.74) is 2.80. The molecule has 2 heteroatoms. The van der Waals surface area contributed by atoms with Crippen LogP contribution in [0.4, 0.5) is 0 Å². The van der Waals surface area contributed by atoms with Gasteiger partial charge < -0.3 is 10.6 Å². The fourth-order valence-electron chi connectivity index (χ4n) is 1.72. The topological polar surface area (TPSA) is 24.1 Å². The molecule has 0 bridgehead atoms. The average molecular weight is 204 g/mol. The molecule has 1 heterocycles. The third-order valence-corrected chi connectivity index (χ3v) is 3.02. The normalized spacial score (nSPS) is 16.7. The first-order chi connectivity index (χ1) is 7.25. The minimum atomic E-state index is 0.628. The lowest BCUT2D eigenvalue weighted by atomic mass is 10.0. The van der Waals surface area contributed by atoms with Gasteiger partial charge in [0, 0.05) is 25.7 Å². The van der Waals surface area contributed by atoms with Gasteiger partial charge in [-0.05, 0) is 17.0 Å². The SMILES string of the molecule is CC(C)c1ccc(CNC2CNC2)cc1. The zero-order valence-corrected chi connectivity index (χ0v) is 9.59. The van der Waals surface area contributed by atoms with E-state index in [1.54, 1.807) is 0 Å². The van der Waals surface area contributed by atoms with E-state index in [1.165, 1.54) is 11.1 Å². The number of hydrogen-bond donors (Lipinski definition) is 2. The molecule has 2 N–H and O–H groups in total. The predicted molar refractivity (Wildman–Crippen MR) is 64.0 cm³/mol. The van der Waals surface area contributed by atoms with E-state index in [2.05, 4.69) is 48.7 Å². The molecule has 0 spiro atoms. The largest absolute Gasteiger partial charge is 0.314 e. The summed E-state index contributed by atoms with van der Waals surface area (Å²) in [4.78, 5) is 0. The number of nitrogens with one attached hydrogen (secondary N) is 2. The summed E-state index contributed by atoms with van der Waals surface area (Å²) in [5.74, 6) is 0.628. The molecule has 1 aromatic carbocycles. The van der Waals surface area contributed by atoms with Crippen molar-refractivity contribution in [2.75, 3.05) is 13.1 Å². The van der Waals surface area contributed by atoms with Gasteiger partial charge in [-0.15, -0.1) is 0 Å². The second-order valence-electron chi connectivity index (χ2n) is 4.63. The highest BCUT2D eigenvalue weighted by atomic mass is 15.1. The summed E-state index contributed by atoms with van der Waals surface area (Å²) >= 11 is 0. The zero-order chi connectivity index (χ0) is 10.7. The molecule has 1 fully saturated rings. The van der Waals surface area contributed by atoms with Crippen molar-refractivity contribution in [1.82, 2.24) is 10.6 Å². The van der Waals surface area contributed by atoms with Gasteiger partial charge in [-0.1, -0.05) is 38.1 Å². The van der Waals surface area contributed by atoms with Crippen LogP contribution >= 0.6 is 0 Å². The fourth-order valence-corrected chi connectivity index (χ4v) is 1.72. The van der Waals surface area contributed by atoms with Crippen molar-refractivity contribution in [3.05, 3.63) is 35.4 Å². The molecular formula is C13H20N2. The van der Waals surface area contributed by atoms with Gasteiger partial charge in [0.15, 0.2) is 0 Å². The predicted octanol–water partition coefficient (Wildman–Crippen LogP) is 1.87. The second kappa shape index (κ2) is 4.77. The van der Waals surface area contributed by atoms with Crippen molar-refractivity contribution in [3.8, 4) is 0 Å². The standard InChI is InChI=1S/C13H20N2/c1-10(2)12-5-3-11(4-6-12)7-15-13-8-14-9-13/h3-6,10,13-15H,7-9H2,1-2H3. The third kappa shape index (κ3) is 2.80. The van der Waals surface area contributed by atoms with Gasteiger partial charge in [-0.2, -0.15) is 0 Å². The fraction of sp³-hybridized carbons (Fsp3) is 0.538. The van der Waals surface area contributed by atoms with Crippen molar-refractivity contribution in [1.29, 1.82) is 0 Å². The first-order valence-corrected chi connectivity index (χ1v) is 5.78. The van der Waals surface area contributed by atoms with Crippen molar-refractivity contribution in [2.45, 2.75) is 32.4 Å². The van der Waals surface area contributed by atoms with Crippen LogP contribution in [0, 0.1) is 0 Å². The minimum Gasteiger partial charge on any atom is -0.314 e. The molecule has 0 saturated carbocycles. The monoisotopic (exact) mass is 204 g/mol. The Morgan fingerprint density at radius 1 is 1.27 bits per heavy atom. The zero-order valence-electron chi connectivity index (χ0n) is 9.59. The minimum absolute atomic E-state index is 0.628. The first-order valence-electron chi connectivity index (χ1n) is 5.78.